The molecule has 0 unspecified atom stereocenters. The first-order chi connectivity index (χ1) is 11.3. The van der Waals surface area contributed by atoms with Crippen molar-refractivity contribution in [1.82, 2.24) is 9.97 Å². The number of ether oxygens (including phenoxy) is 1. The van der Waals surface area contributed by atoms with Crippen LogP contribution in [0.1, 0.15) is 19.0 Å². The number of hydrogen-bond donors (Lipinski definition) is 2. The van der Waals surface area contributed by atoms with Gasteiger partial charge in [0.25, 0.3) is 5.56 Å². The first-order valence-electron chi connectivity index (χ1n) is 8.05. The second-order valence-electron chi connectivity index (χ2n) is 5.58. The van der Waals surface area contributed by atoms with E-state index in [1.807, 2.05) is 18.2 Å². The van der Waals surface area contributed by atoms with Gasteiger partial charge in [-0.25, -0.2) is 4.98 Å². The number of nitrogens with one attached hydrogen (secondary N) is 2. The van der Waals surface area contributed by atoms with Crippen LogP contribution in [0.25, 0.3) is 0 Å². The average molecular weight is 314 g/mol. The number of anilines is 3. The molecule has 3 rings (SSSR count). The highest BCUT2D eigenvalue weighted by Gasteiger charge is 2.15. The van der Waals surface area contributed by atoms with E-state index >= 15 is 0 Å². The maximum absolute atomic E-state index is 11.8. The molecule has 1 aromatic carbocycles. The fourth-order valence-corrected chi connectivity index (χ4v) is 2.74. The van der Waals surface area contributed by atoms with E-state index in [-0.39, 0.29) is 5.56 Å². The Balaban J connectivity index is 1.86. The van der Waals surface area contributed by atoms with Crippen LogP contribution in [-0.4, -0.2) is 36.3 Å². The molecule has 1 aliphatic heterocycles. The molecule has 1 fully saturated rings. The van der Waals surface area contributed by atoms with Gasteiger partial charge in [0.2, 0.25) is 5.95 Å². The maximum atomic E-state index is 11.8. The molecule has 2 heterocycles. The number of rotatable bonds is 5. The molecule has 0 atom stereocenters. The molecule has 0 radical (unpaired) electrons. The molecule has 122 valence electrons. The van der Waals surface area contributed by atoms with Crippen molar-refractivity contribution in [3.05, 3.63) is 46.4 Å². The summed E-state index contributed by atoms with van der Waals surface area (Å²) in [6, 6.07) is 9.61. The fourth-order valence-electron chi connectivity index (χ4n) is 2.74. The highest BCUT2D eigenvalue weighted by atomic mass is 16.5. The van der Waals surface area contributed by atoms with E-state index in [2.05, 4.69) is 33.2 Å². The normalized spacial score (nSPS) is 14.7. The van der Waals surface area contributed by atoms with Gasteiger partial charge in [-0.05, 0) is 18.6 Å². The van der Waals surface area contributed by atoms with Crippen molar-refractivity contribution in [2.45, 2.75) is 19.8 Å². The number of aromatic amines is 1. The summed E-state index contributed by atoms with van der Waals surface area (Å²) in [6.45, 7) is 5.26. The zero-order valence-corrected chi connectivity index (χ0v) is 13.3. The zero-order chi connectivity index (χ0) is 16.1. The van der Waals surface area contributed by atoms with Gasteiger partial charge in [-0.1, -0.05) is 25.5 Å². The number of benzene rings is 1. The number of aromatic nitrogens is 2. The Morgan fingerprint density at radius 3 is 2.87 bits per heavy atom. The van der Waals surface area contributed by atoms with E-state index < -0.39 is 0 Å². The van der Waals surface area contributed by atoms with E-state index in [0.29, 0.717) is 5.95 Å². The molecule has 1 aliphatic rings. The van der Waals surface area contributed by atoms with Gasteiger partial charge in [0.15, 0.2) is 0 Å². The second kappa shape index (κ2) is 7.28. The number of aryl methyl sites for hydroxylation is 1. The monoisotopic (exact) mass is 314 g/mol. The summed E-state index contributed by atoms with van der Waals surface area (Å²) in [5.74, 6) is 0.488. The van der Waals surface area contributed by atoms with E-state index in [1.165, 1.54) is 0 Å². The number of nitrogens with zero attached hydrogens (tertiary/aromatic N) is 2. The van der Waals surface area contributed by atoms with E-state index in [1.54, 1.807) is 6.07 Å². The third-order valence-electron chi connectivity index (χ3n) is 3.81. The van der Waals surface area contributed by atoms with Crippen LogP contribution in [0.15, 0.2) is 35.1 Å². The summed E-state index contributed by atoms with van der Waals surface area (Å²) in [6.07, 6.45) is 1.75. The predicted molar refractivity (Wildman–Crippen MR) is 91.6 cm³/mol. The van der Waals surface area contributed by atoms with Crippen molar-refractivity contribution < 1.29 is 4.74 Å². The van der Waals surface area contributed by atoms with Crippen LogP contribution in [0.3, 0.4) is 0 Å². The second-order valence-corrected chi connectivity index (χ2v) is 5.58. The zero-order valence-electron chi connectivity index (χ0n) is 13.3. The summed E-state index contributed by atoms with van der Waals surface area (Å²) in [5.41, 5.74) is 2.71. The molecule has 2 N–H and O–H groups in total. The van der Waals surface area contributed by atoms with Gasteiger partial charge in [0.05, 0.1) is 24.6 Å². The van der Waals surface area contributed by atoms with E-state index in [4.69, 9.17) is 4.74 Å². The van der Waals surface area contributed by atoms with Crippen molar-refractivity contribution in [2.75, 3.05) is 36.5 Å². The van der Waals surface area contributed by atoms with Gasteiger partial charge in [0, 0.05) is 24.8 Å². The number of H-pyrrole nitrogens is 1. The van der Waals surface area contributed by atoms with E-state index in [9.17, 15) is 4.79 Å². The molecule has 1 aromatic heterocycles. The smallest absolute Gasteiger partial charge is 0.252 e. The van der Waals surface area contributed by atoms with Crippen LogP contribution in [0, 0.1) is 0 Å². The minimum atomic E-state index is -0.130. The van der Waals surface area contributed by atoms with Gasteiger partial charge in [0.1, 0.15) is 0 Å². The Labute approximate surface area is 135 Å². The molecular formula is C17H22N4O2. The Morgan fingerprint density at radius 1 is 1.30 bits per heavy atom. The van der Waals surface area contributed by atoms with Crippen LogP contribution in [0.5, 0.6) is 0 Å². The van der Waals surface area contributed by atoms with Gasteiger partial charge >= 0.3 is 0 Å². The van der Waals surface area contributed by atoms with Crippen molar-refractivity contribution in [3.63, 3.8) is 0 Å². The SMILES string of the molecule is CCCc1cc(=O)[nH]c(Nc2ccccc2N2CCOCC2)n1. The average Bonchev–Trinajstić information content (AvgIpc) is 2.56. The first kappa shape index (κ1) is 15.6. The Morgan fingerprint density at radius 2 is 2.09 bits per heavy atom. The predicted octanol–water partition coefficient (Wildman–Crippen LogP) is 2.30. The lowest BCUT2D eigenvalue weighted by Gasteiger charge is -2.30. The first-order valence-corrected chi connectivity index (χ1v) is 8.05. The summed E-state index contributed by atoms with van der Waals surface area (Å²) in [7, 11) is 0. The van der Waals surface area contributed by atoms with Gasteiger partial charge in [-0.15, -0.1) is 0 Å². The Kier molecular flexibility index (Phi) is 4.92. The highest BCUT2D eigenvalue weighted by molar-refractivity contribution is 5.73. The Hall–Kier alpha value is -2.34. The molecule has 23 heavy (non-hydrogen) atoms. The third-order valence-corrected chi connectivity index (χ3v) is 3.81. The van der Waals surface area contributed by atoms with Crippen LogP contribution in [0.2, 0.25) is 0 Å². The van der Waals surface area contributed by atoms with Gasteiger partial charge in [-0.2, -0.15) is 0 Å². The minimum absolute atomic E-state index is 0.130. The fraction of sp³-hybridized carbons (Fsp3) is 0.412. The van der Waals surface area contributed by atoms with Crippen molar-refractivity contribution >= 4 is 17.3 Å². The molecule has 0 spiro atoms. The van der Waals surface area contributed by atoms with Crippen LogP contribution < -0.4 is 15.8 Å². The standard InChI is InChI=1S/C17H22N4O2/c1-2-5-13-12-16(22)20-17(18-13)19-14-6-3-4-7-15(14)21-8-10-23-11-9-21/h3-4,6-7,12H,2,5,8-11H2,1H3,(H2,18,19,20,22). The summed E-state index contributed by atoms with van der Waals surface area (Å²) in [5, 5.41) is 3.26. The molecule has 6 heteroatoms. The van der Waals surface area contributed by atoms with Crippen LogP contribution in [-0.2, 0) is 11.2 Å². The summed E-state index contributed by atoms with van der Waals surface area (Å²) >= 11 is 0. The quantitative estimate of drug-likeness (QED) is 0.886. The van der Waals surface area contributed by atoms with Crippen LogP contribution in [0.4, 0.5) is 17.3 Å². The lowest BCUT2D eigenvalue weighted by Crippen LogP contribution is -2.36. The molecule has 0 saturated carbocycles. The molecule has 0 aliphatic carbocycles. The molecular weight excluding hydrogens is 292 g/mol. The van der Waals surface area contributed by atoms with Crippen LogP contribution >= 0.6 is 0 Å². The maximum Gasteiger partial charge on any atom is 0.252 e. The number of morpholine rings is 1. The number of para-hydroxylation sites is 2. The van der Waals surface area contributed by atoms with Gasteiger partial charge in [-0.3, -0.25) is 9.78 Å². The van der Waals surface area contributed by atoms with Crippen molar-refractivity contribution in [3.8, 4) is 0 Å². The topological polar surface area (TPSA) is 70.2 Å². The lowest BCUT2D eigenvalue weighted by molar-refractivity contribution is 0.123. The third kappa shape index (κ3) is 3.90. The molecule has 2 aromatic rings. The minimum Gasteiger partial charge on any atom is -0.378 e. The molecule has 1 saturated heterocycles. The molecule has 0 bridgehead atoms. The highest BCUT2D eigenvalue weighted by Crippen LogP contribution is 2.28. The molecule has 0 amide bonds. The molecule has 6 nitrogen and oxygen atoms in total. The number of hydrogen-bond acceptors (Lipinski definition) is 5. The summed E-state index contributed by atoms with van der Waals surface area (Å²) in [4.78, 5) is 21.3. The Bertz CT molecular complexity index is 708. The van der Waals surface area contributed by atoms with E-state index in [0.717, 1.165) is 56.2 Å². The summed E-state index contributed by atoms with van der Waals surface area (Å²) < 4.78 is 5.42. The largest absolute Gasteiger partial charge is 0.378 e. The van der Waals surface area contributed by atoms with Crippen molar-refractivity contribution in [1.29, 1.82) is 0 Å². The van der Waals surface area contributed by atoms with Crippen molar-refractivity contribution in [2.24, 2.45) is 0 Å². The lowest BCUT2D eigenvalue weighted by atomic mass is 10.2. The van der Waals surface area contributed by atoms with Gasteiger partial charge < -0.3 is 15.0 Å².